The number of piperidine rings is 1. The summed E-state index contributed by atoms with van der Waals surface area (Å²) in [7, 11) is 0. The van der Waals surface area contributed by atoms with Crippen LogP contribution >= 0.6 is 0 Å². The van der Waals surface area contributed by atoms with E-state index in [0.29, 0.717) is 18.8 Å². The summed E-state index contributed by atoms with van der Waals surface area (Å²) in [5.74, 6) is 0.259. The van der Waals surface area contributed by atoms with Crippen LogP contribution in [0.25, 0.3) is 11.0 Å². The predicted molar refractivity (Wildman–Crippen MR) is 84.5 cm³/mol. The highest BCUT2D eigenvalue weighted by Gasteiger charge is 2.26. The number of hydrogen-bond donors (Lipinski definition) is 2. The highest BCUT2D eigenvalue weighted by molar-refractivity contribution is 5.97. The van der Waals surface area contributed by atoms with Gasteiger partial charge in [0.15, 0.2) is 0 Å². The van der Waals surface area contributed by atoms with E-state index in [1.54, 1.807) is 0 Å². The largest absolute Gasteiger partial charge is 0.344 e. The SMILES string of the molecule is CC(C)n1c(NC(=O)[C@H]2CCCC(=O)N2)nc2ccccc21. The molecule has 0 aliphatic carbocycles. The quantitative estimate of drug-likeness (QED) is 0.912. The van der Waals surface area contributed by atoms with Gasteiger partial charge in [-0.25, -0.2) is 4.98 Å². The van der Waals surface area contributed by atoms with E-state index >= 15 is 0 Å². The number of benzene rings is 1. The fourth-order valence-corrected chi connectivity index (χ4v) is 2.85. The molecule has 6 heteroatoms. The van der Waals surface area contributed by atoms with Crippen molar-refractivity contribution in [1.82, 2.24) is 14.9 Å². The first-order valence-electron chi connectivity index (χ1n) is 7.63. The normalized spacial score (nSPS) is 18.5. The Morgan fingerprint density at radius 1 is 1.41 bits per heavy atom. The Labute approximate surface area is 128 Å². The lowest BCUT2D eigenvalue weighted by molar-refractivity contribution is -0.128. The van der Waals surface area contributed by atoms with E-state index in [-0.39, 0.29) is 17.9 Å². The summed E-state index contributed by atoms with van der Waals surface area (Å²) in [6.45, 7) is 4.10. The third-order valence-corrected chi connectivity index (χ3v) is 3.90. The number of nitrogens with one attached hydrogen (secondary N) is 2. The molecule has 1 aromatic heterocycles. The topological polar surface area (TPSA) is 76.0 Å². The third kappa shape index (κ3) is 2.68. The molecule has 2 aromatic rings. The number of para-hydroxylation sites is 2. The maximum Gasteiger partial charge on any atom is 0.249 e. The maximum absolute atomic E-state index is 12.4. The smallest absolute Gasteiger partial charge is 0.249 e. The molecule has 116 valence electrons. The number of aromatic nitrogens is 2. The zero-order chi connectivity index (χ0) is 15.7. The van der Waals surface area contributed by atoms with Crippen LogP contribution in [0.3, 0.4) is 0 Å². The zero-order valence-electron chi connectivity index (χ0n) is 12.8. The summed E-state index contributed by atoms with van der Waals surface area (Å²) in [5.41, 5.74) is 1.83. The molecule has 0 unspecified atom stereocenters. The molecule has 2 amide bonds. The average Bonchev–Trinajstić information content (AvgIpc) is 2.85. The molecule has 0 saturated carbocycles. The number of fused-ring (bicyclic) bond motifs is 1. The maximum atomic E-state index is 12.4. The molecule has 1 aromatic carbocycles. The van der Waals surface area contributed by atoms with Crippen molar-refractivity contribution in [3.63, 3.8) is 0 Å². The minimum Gasteiger partial charge on any atom is -0.344 e. The molecule has 1 atom stereocenters. The van der Waals surface area contributed by atoms with Crippen molar-refractivity contribution in [3.8, 4) is 0 Å². The molecule has 1 saturated heterocycles. The Morgan fingerprint density at radius 3 is 2.91 bits per heavy atom. The van der Waals surface area contributed by atoms with Crippen molar-refractivity contribution < 1.29 is 9.59 Å². The summed E-state index contributed by atoms with van der Waals surface area (Å²) in [6.07, 6.45) is 1.90. The third-order valence-electron chi connectivity index (χ3n) is 3.90. The first-order chi connectivity index (χ1) is 10.6. The van der Waals surface area contributed by atoms with Gasteiger partial charge >= 0.3 is 0 Å². The summed E-state index contributed by atoms with van der Waals surface area (Å²) >= 11 is 0. The Balaban J connectivity index is 1.88. The van der Waals surface area contributed by atoms with Gasteiger partial charge in [0, 0.05) is 12.5 Å². The Kier molecular flexibility index (Phi) is 3.83. The molecule has 0 bridgehead atoms. The molecule has 3 rings (SSSR count). The van der Waals surface area contributed by atoms with Gasteiger partial charge in [0.05, 0.1) is 11.0 Å². The molecule has 0 radical (unpaired) electrons. The number of carbonyl (C=O) groups excluding carboxylic acids is 2. The number of anilines is 1. The van der Waals surface area contributed by atoms with Gasteiger partial charge in [0.25, 0.3) is 0 Å². The fourth-order valence-electron chi connectivity index (χ4n) is 2.85. The molecular weight excluding hydrogens is 280 g/mol. The predicted octanol–water partition coefficient (Wildman–Crippen LogP) is 2.22. The van der Waals surface area contributed by atoms with Crippen molar-refractivity contribution in [1.29, 1.82) is 0 Å². The van der Waals surface area contributed by atoms with Gasteiger partial charge in [0.2, 0.25) is 17.8 Å². The van der Waals surface area contributed by atoms with Crippen molar-refractivity contribution in [2.45, 2.75) is 45.2 Å². The van der Waals surface area contributed by atoms with Crippen LogP contribution in [0.4, 0.5) is 5.95 Å². The van der Waals surface area contributed by atoms with E-state index in [1.807, 2.05) is 42.7 Å². The van der Waals surface area contributed by atoms with Gasteiger partial charge in [-0.1, -0.05) is 12.1 Å². The van der Waals surface area contributed by atoms with Gasteiger partial charge in [-0.15, -0.1) is 0 Å². The minimum atomic E-state index is -0.471. The van der Waals surface area contributed by atoms with Crippen LogP contribution in [0.15, 0.2) is 24.3 Å². The number of hydrogen-bond acceptors (Lipinski definition) is 3. The molecule has 6 nitrogen and oxygen atoms in total. The van der Waals surface area contributed by atoms with E-state index in [2.05, 4.69) is 15.6 Å². The molecule has 22 heavy (non-hydrogen) atoms. The number of nitrogens with zero attached hydrogens (tertiary/aromatic N) is 2. The lowest BCUT2D eigenvalue weighted by Gasteiger charge is -2.22. The van der Waals surface area contributed by atoms with Crippen molar-refractivity contribution >= 4 is 28.8 Å². The van der Waals surface area contributed by atoms with E-state index in [1.165, 1.54) is 0 Å². The van der Waals surface area contributed by atoms with Crippen LogP contribution < -0.4 is 10.6 Å². The number of imidazole rings is 1. The Hall–Kier alpha value is -2.37. The second kappa shape index (κ2) is 5.79. The highest BCUT2D eigenvalue weighted by Crippen LogP contribution is 2.24. The van der Waals surface area contributed by atoms with E-state index in [0.717, 1.165) is 17.5 Å². The average molecular weight is 300 g/mol. The van der Waals surface area contributed by atoms with Crippen LogP contribution in [0.1, 0.15) is 39.2 Å². The second-order valence-corrected chi connectivity index (χ2v) is 5.89. The molecular formula is C16H20N4O2. The summed E-state index contributed by atoms with van der Waals surface area (Å²) in [6, 6.07) is 7.49. The molecule has 2 N–H and O–H groups in total. The van der Waals surface area contributed by atoms with Crippen LogP contribution in [0, 0.1) is 0 Å². The first-order valence-corrected chi connectivity index (χ1v) is 7.63. The van der Waals surface area contributed by atoms with Crippen molar-refractivity contribution in [2.24, 2.45) is 0 Å². The van der Waals surface area contributed by atoms with Crippen LogP contribution in [-0.2, 0) is 9.59 Å². The zero-order valence-corrected chi connectivity index (χ0v) is 12.8. The molecule has 1 aliphatic rings. The summed E-state index contributed by atoms with van der Waals surface area (Å²) in [5, 5.41) is 5.60. The minimum absolute atomic E-state index is 0.0660. The Morgan fingerprint density at radius 2 is 2.18 bits per heavy atom. The standard InChI is InChI=1S/C16H20N4O2/c1-10(2)20-13-8-4-3-6-11(13)18-16(20)19-15(22)12-7-5-9-14(21)17-12/h3-4,6,8,10,12H,5,7,9H2,1-2H3,(H,17,21)(H,18,19,22)/t12-/m1/s1. The van der Waals surface area contributed by atoms with Gasteiger partial charge < -0.3 is 9.88 Å². The highest BCUT2D eigenvalue weighted by atomic mass is 16.2. The van der Waals surface area contributed by atoms with Gasteiger partial charge in [-0.3, -0.25) is 14.9 Å². The number of rotatable bonds is 3. The monoisotopic (exact) mass is 300 g/mol. The lowest BCUT2D eigenvalue weighted by Crippen LogP contribution is -2.46. The first kappa shape index (κ1) is 14.6. The Bertz CT molecular complexity index is 720. The second-order valence-electron chi connectivity index (χ2n) is 5.89. The summed E-state index contributed by atoms with van der Waals surface area (Å²) in [4.78, 5) is 28.3. The number of amides is 2. The van der Waals surface area contributed by atoms with Crippen molar-refractivity contribution in [3.05, 3.63) is 24.3 Å². The molecule has 2 heterocycles. The van der Waals surface area contributed by atoms with Crippen LogP contribution in [-0.4, -0.2) is 27.4 Å². The molecule has 0 spiro atoms. The molecule has 1 aliphatic heterocycles. The van der Waals surface area contributed by atoms with Crippen molar-refractivity contribution in [2.75, 3.05) is 5.32 Å². The van der Waals surface area contributed by atoms with Gasteiger partial charge in [0.1, 0.15) is 6.04 Å². The summed E-state index contributed by atoms with van der Waals surface area (Å²) < 4.78 is 2.00. The van der Waals surface area contributed by atoms with E-state index < -0.39 is 6.04 Å². The van der Waals surface area contributed by atoms with Crippen LogP contribution in [0.2, 0.25) is 0 Å². The van der Waals surface area contributed by atoms with E-state index in [9.17, 15) is 9.59 Å². The number of carbonyl (C=O) groups is 2. The lowest BCUT2D eigenvalue weighted by atomic mass is 10.0. The van der Waals surface area contributed by atoms with Gasteiger partial charge in [-0.05, 0) is 38.8 Å². The molecule has 1 fully saturated rings. The van der Waals surface area contributed by atoms with Gasteiger partial charge in [-0.2, -0.15) is 0 Å². The van der Waals surface area contributed by atoms with E-state index in [4.69, 9.17) is 0 Å². The fraction of sp³-hybridized carbons (Fsp3) is 0.438. The van der Waals surface area contributed by atoms with Crippen LogP contribution in [0.5, 0.6) is 0 Å².